The highest BCUT2D eigenvalue weighted by Gasteiger charge is 2.18. The maximum absolute atomic E-state index is 12.9. The van der Waals surface area contributed by atoms with Gasteiger partial charge < -0.3 is 4.57 Å². The highest BCUT2D eigenvalue weighted by Crippen LogP contribution is 2.23. The largest absolute Gasteiger partial charge is 0.316 e. The topological polar surface area (TPSA) is 50.7 Å². The number of nitrogens with zero attached hydrogens (tertiary/aromatic N) is 3. The van der Waals surface area contributed by atoms with Gasteiger partial charge in [-0.2, -0.15) is 5.26 Å². The second-order valence-corrected chi connectivity index (χ2v) is 5.57. The molecule has 0 atom stereocenters. The molecule has 0 unspecified atom stereocenters. The van der Waals surface area contributed by atoms with Crippen molar-refractivity contribution in [3.05, 3.63) is 81.4 Å². The molecular weight excluding hydrogens is 318 g/mol. The minimum Gasteiger partial charge on any atom is -0.316 e. The molecule has 0 N–H and O–H groups in total. The van der Waals surface area contributed by atoms with Gasteiger partial charge in [-0.3, -0.25) is 9.36 Å². The molecule has 0 aliphatic rings. The average Bonchev–Trinajstić information content (AvgIpc) is 2.63. The number of benzene rings is 2. The van der Waals surface area contributed by atoms with E-state index in [1.807, 2.05) is 60.0 Å². The molecule has 0 bridgehead atoms. The van der Waals surface area contributed by atoms with Gasteiger partial charge in [0.15, 0.2) is 4.77 Å². The summed E-state index contributed by atoms with van der Waals surface area (Å²) in [5.74, 6) is 0. The molecule has 0 aliphatic heterocycles. The molecule has 3 rings (SSSR count). The molecule has 24 heavy (non-hydrogen) atoms. The second kappa shape index (κ2) is 6.65. The molecule has 5 heteroatoms. The minimum absolute atomic E-state index is 0.0977. The molecular formula is C19H15N3OS. The number of rotatable bonds is 3. The lowest BCUT2D eigenvalue weighted by Gasteiger charge is -2.17. The van der Waals surface area contributed by atoms with Crippen molar-refractivity contribution in [3.63, 3.8) is 0 Å². The summed E-state index contributed by atoms with van der Waals surface area (Å²) in [7, 11) is 0. The van der Waals surface area contributed by atoms with Crippen molar-refractivity contribution in [3.8, 4) is 23.0 Å². The normalized spacial score (nSPS) is 10.3. The van der Waals surface area contributed by atoms with Gasteiger partial charge in [0.25, 0.3) is 5.56 Å². The minimum atomic E-state index is -0.391. The highest BCUT2D eigenvalue weighted by molar-refractivity contribution is 7.71. The summed E-state index contributed by atoms with van der Waals surface area (Å²) in [4.78, 5) is 12.9. The lowest BCUT2D eigenvalue weighted by Crippen LogP contribution is -2.27. The van der Waals surface area contributed by atoms with Crippen molar-refractivity contribution >= 4 is 12.2 Å². The van der Waals surface area contributed by atoms with E-state index in [2.05, 4.69) is 6.07 Å². The van der Waals surface area contributed by atoms with Crippen LogP contribution in [0.5, 0.6) is 0 Å². The van der Waals surface area contributed by atoms with Gasteiger partial charge in [0, 0.05) is 6.54 Å². The third-order valence-electron chi connectivity index (χ3n) is 3.84. The molecule has 0 amide bonds. The summed E-state index contributed by atoms with van der Waals surface area (Å²) in [5.41, 5.74) is 1.74. The van der Waals surface area contributed by atoms with E-state index in [-0.39, 0.29) is 5.56 Å². The van der Waals surface area contributed by atoms with Crippen LogP contribution >= 0.6 is 12.2 Å². The van der Waals surface area contributed by atoms with Crippen LogP contribution in [0.4, 0.5) is 0 Å². The van der Waals surface area contributed by atoms with Gasteiger partial charge in [-0.05, 0) is 36.8 Å². The Labute approximate surface area is 144 Å². The number of hydrogen-bond acceptors (Lipinski definition) is 3. The summed E-state index contributed by atoms with van der Waals surface area (Å²) in [5, 5.41) is 9.63. The van der Waals surface area contributed by atoms with Crippen molar-refractivity contribution in [1.29, 1.82) is 5.26 Å². The fraction of sp³-hybridized carbons (Fsp3) is 0.105. The standard InChI is InChI=1S/C19H15N3OS/c1-2-21-17(14-9-5-3-6-10-14)16(13-20)18(23)22(19(21)24)15-11-7-4-8-12-15/h3-12H,2H2,1H3. The Morgan fingerprint density at radius 2 is 1.62 bits per heavy atom. The maximum Gasteiger partial charge on any atom is 0.277 e. The van der Waals surface area contributed by atoms with Crippen LogP contribution in [0.2, 0.25) is 0 Å². The van der Waals surface area contributed by atoms with E-state index in [0.717, 1.165) is 5.56 Å². The quantitative estimate of drug-likeness (QED) is 0.683. The van der Waals surface area contributed by atoms with Crippen LogP contribution in [0, 0.1) is 16.1 Å². The fourth-order valence-electron chi connectivity index (χ4n) is 2.75. The molecule has 1 aromatic heterocycles. The molecule has 4 nitrogen and oxygen atoms in total. The van der Waals surface area contributed by atoms with Gasteiger partial charge in [-0.25, -0.2) is 0 Å². The van der Waals surface area contributed by atoms with Crippen molar-refractivity contribution in [2.24, 2.45) is 0 Å². The molecule has 0 spiro atoms. The lowest BCUT2D eigenvalue weighted by atomic mass is 10.1. The smallest absolute Gasteiger partial charge is 0.277 e. The maximum atomic E-state index is 12.9. The highest BCUT2D eigenvalue weighted by atomic mass is 32.1. The van der Waals surface area contributed by atoms with Crippen LogP contribution in [0.25, 0.3) is 16.9 Å². The van der Waals surface area contributed by atoms with Gasteiger partial charge in [0.1, 0.15) is 11.6 Å². The van der Waals surface area contributed by atoms with Crippen molar-refractivity contribution in [2.45, 2.75) is 13.5 Å². The monoisotopic (exact) mass is 333 g/mol. The Bertz CT molecular complexity index is 1030. The number of hydrogen-bond donors (Lipinski definition) is 0. The predicted octanol–water partition coefficient (Wildman–Crippen LogP) is 3.93. The van der Waals surface area contributed by atoms with Crippen molar-refractivity contribution < 1.29 is 0 Å². The summed E-state index contributed by atoms with van der Waals surface area (Å²) >= 11 is 5.57. The van der Waals surface area contributed by atoms with Crippen molar-refractivity contribution in [1.82, 2.24) is 9.13 Å². The van der Waals surface area contributed by atoms with Gasteiger partial charge in [0.2, 0.25) is 0 Å². The summed E-state index contributed by atoms with van der Waals surface area (Å²) in [6.07, 6.45) is 0. The summed E-state index contributed by atoms with van der Waals surface area (Å²) < 4.78 is 3.63. The van der Waals surface area contributed by atoms with Crippen LogP contribution in [0.1, 0.15) is 12.5 Å². The third kappa shape index (κ3) is 2.57. The zero-order valence-corrected chi connectivity index (χ0v) is 14.0. The van der Waals surface area contributed by atoms with E-state index >= 15 is 0 Å². The molecule has 0 aliphatic carbocycles. The number of nitriles is 1. The predicted molar refractivity (Wildman–Crippen MR) is 96.7 cm³/mol. The Hall–Kier alpha value is -2.97. The number of para-hydroxylation sites is 1. The number of aromatic nitrogens is 2. The molecule has 0 radical (unpaired) electrons. The van der Waals surface area contributed by atoms with E-state index in [1.165, 1.54) is 4.57 Å². The van der Waals surface area contributed by atoms with Gasteiger partial charge in [0.05, 0.1) is 11.4 Å². The first kappa shape index (κ1) is 15.9. The van der Waals surface area contributed by atoms with E-state index < -0.39 is 5.56 Å². The Balaban J connectivity index is 2.46. The van der Waals surface area contributed by atoms with E-state index in [0.29, 0.717) is 22.7 Å². The first-order chi connectivity index (χ1) is 11.7. The molecule has 1 heterocycles. The third-order valence-corrected chi connectivity index (χ3v) is 4.24. The zero-order chi connectivity index (χ0) is 17.1. The lowest BCUT2D eigenvalue weighted by molar-refractivity contribution is 0.691. The molecule has 0 fully saturated rings. The van der Waals surface area contributed by atoms with Gasteiger partial charge in [-0.1, -0.05) is 48.5 Å². The molecule has 0 saturated carbocycles. The second-order valence-electron chi connectivity index (χ2n) is 5.20. The first-order valence-electron chi connectivity index (χ1n) is 7.59. The van der Waals surface area contributed by atoms with Crippen LogP contribution in [0.15, 0.2) is 65.5 Å². The van der Waals surface area contributed by atoms with E-state index in [4.69, 9.17) is 12.2 Å². The zero-order valence-electron chi connectivity index (χ0n) is 13.1. The van der Waals surface area contributed by atoms with Crippen LogP contribution < -0.4 is 5.56 Å². The fourth-order valence-corrected chi connectivity index (χ4v) is 3.16. The van der Waals surface area contributed by atoms with Crippen LogP contribution in [-0.4, -0.2) is 9.13 Å². The Morgan fingerprint density at radius 1 is 1.04 bits per heavy atom. The van der Waals surface area contributed by atoms with Crippen LogP contribution in [-0.2, 0) is 6.54 Å². The van der Waals surface area contributed by atoms with Crippen LogP contribution in [0.3, 0.4) is 0 Å². The molecule has 2 aromatic carbocycles. The first-order valence-corrected chi connectivity index (χ1v) is 8.00. The Morgan fingerprint density at radius 3 is 2.17 bits per heavy atom. The van der Waals surface area contributed by atoms with Gasteiger partial charge in [-0.15, -0.1) is 0 Å². The van der Waals surface area contributed by atoms with Gasteiger partial charge >= 0.3 is 0 Å². The Kier molecular flexibility index (Phi) is 4.41. The summed E-state index contributed by atoms with van der Waals surface area (Å²) in [6.45, 7) is 2.51. The molecule has 3 aromatic rings. The van der Waals surface area contributed by atoms with E-state index in [1.54, 1.807) is 12.1 Å². The van der Waals surface area contributed by atoms with E-state index in [9.17, 15) is 10.1 Å². The molecule has 118 valence electrons. The SMILES string of the molecule is CCn1c(-c2ccccc2)c(C#N)c(=O)n(-c2ccccc2)c1=S. The summed E-state index contributed by atoms with van der Waals surface area (Å²) in [6, 6.07) is 20.6. The van der Waals surface area contributed by atoms with Crippen molar-refractivity contribution in [2.75, 3.05) is 0 Å². The average molecular weight is 333 g/mol. The molecule has 0 saturated heterocycles.